The second-order valence-electron chi connectivity index (χ2n) is 3.59. The average molecular weight is 280 g/mol. The Kier molecular flexibility index (Phi) is 4.96. The van der Waals surface area contributed by atoms with Gasteiger partial charge in [-0.05, 0) is 12.8 Å². The van der Waals surface area contributed by atoms with Crippen LogP contribution in [0.1, 0.15) is 25.7 Å². The summed E-state index contributed by atoms with van der Waals surface area (Å²) >= 11 is 11.1. The predicted molar refractivity (Wildman–Crippen MR) is 61.6 cm³/mol. The second kappa shape index (κ2) is 6.02. The molecule has 0 bridgehead atoms. The smallest absolute Gasteiger partial charge is 0.303 e. The molecule has 0 aromatic carbocycles. The van der Waals surface area contributed by atoms with Gasteiger partial charge >= 0.3 is 5.97 Å². The number of halogens is 2. The lowest BCUT2D eigenvalue weighted by molar-refractivity contribution is -0.138. The topological polar surface area (TPSA) is 74.7 Å². The summed E-state index contributed by atoms with van der Waals surface area (Å²) in [6, 6.07) is 0. The van der Waals surface area contributed by atoms with Crippen LogP contribution in [0.3, 0.4) is 0 Å². The molecule has 0 atom stereocenters. The van der Waals surface area contributed by atoms with E-state index in [1.807, 2.05) is 0 Å². The van der Waals surface area contributed by atoms with E-state index in [0.717, 1.165) is 4.90 Å². The van der Waals surface area contributed by atoms with E-state index >= 15 is 0 Å². The van der Waals surface area contributed by atoms with Gasteiger partial charge in [0, 0.05) is 13.0 Å². The van der Waals surface area contributed by atoms with Crippen LogP contribution in [-0.4, -0.2) is 34.3 Å². The van der Waals surface area contributed by atoms with Crippen LogP contribution in [-0.2, 0) is 14.4 Å². The van der Waals surface area contributed by atoms with Crippen LogP contribution < -0.4 is 0 Å². The standard InChI is InChI=1S/C10H11Cl2NO4/c11-7-8(12)10(17)13(9(7)16)5-3-1-2-4-6(14)15/h1-5H2,(H,14,15). The van der Waals surface area contributed by atoms with E-state index in [4.69, 9.17) is 28.3 Å². The number of nitrogens with zero attached hydrogens (tertiary/aromatic N) is 1. The highest BCUT2D eigenvalue weighted by molar-refractivity contribution is 6.58. The van der Waals surface area contributed by atoms with E-state index in [1.165, 1.54) is 0 Å². The molecule has 1 N–H and O–H groups in total. The zero-order valence-corrected chi connectivity index (χ0v) is 10.4. The van der Waals surface area contributed by atoms with Gasteiger partial charge in [0.1, 0.15) is 10.1 Å². The molecule has 7 heteroatoms. The van der Waals surface area contributed by atoms with Gasteiger partial charge in [-0.3, -0.25) is 19.3 Å². The Hall–Kier alpha value is -1.07. The molecule has 0 aromatic heterocycles. The van der Waals surface area contributed by atoms with Gasteiger partial charge in [-0.1, -0.05) is 29.6 Å². The molecule has 1 rings (SSSR count). The number of carboxylic acid groups (broad SMARTS) is 1. The summed E-state index contributed by atoms with van der Waals surface area (Å²) in [7, 11) is 0. The summed E-state index contributed by atoms with van der Waals surface area (Å²) in [5, 5.41) is 7.92. The Labute approximate surface area is 108 Å². The van der Waals surface area contributed by atoms with Gasteiger partial charge in [-0.2, -0.15) is 0 Å². The fourth-order valence-electron chi connectivity index (χ4n) is 1.44. The molecular formula is C10H11Cl2NO4. The van der Waals surface area contributed by atoms with Gasteiger partial charge in [0.2, 0.25) is 0 Å². The van der Waals surface area contributed by atoms with Crippen molar-refractivity contribution < 1.29 is 19.5 Å². The minimum absolute atomic E-state index is 0.0850. The van der Waals surface area contributed by atoms with Gasteiger partial charge in [-0.25, -0.2) is 0 Å². The summed E-state index contributed by atoms with van der Waals surface area (Å²) in [5.74, 6) is -2.02. The number of rotatable bonds is 6. The molecule has 1 heterocycles. The Morgan fingerprint density at radius 3 is 2.06 bits per heavy atom. The molecule has 0 aliphatic carbocycles. The fraction of sp³-hybridized carbons (Fsp3) is 0.500. The molecule has 0 saturated carbocycles. The SMILES string of the molecule is O=C(O)CCCCCN1C(=O)C(Cl)=C(Cl)C1=O. The number of hydrogen-bond acceptors (Lipinski definition) is 3. The van der Waals surface area contributed by atoms with E-state index < -0.39 is 17.8 Å². The van der Waals surface area contributed by atoms with E-state index in [1.54, 1.807) is 0 Å². The maximum atomic E-state index is 11.4. The van der Waals surface area contributed by atoms with Crippen molar-refractivity contribution in [3.8, 4) is 0 Å². The Morgan fingerprint density at radius 1 is 1.06 bits per heavy atom. The molecular weight excluding hydrogens is 269 g/mol. The molecule has 5 nitrogen and oxygen atoms in total. The minimum atomic E-state index is -0.855. The van der Waals surface area contributed by atoms with E-state index in [0.29, 0.717) is 19.3 Å². The molecule has 0 saturated heterocycles. The number of aliphatic carboxylic acids is 1. The molecule has 0 spiro atoms. The molecule has 0 unspecified atom stereocenters. The van der Waals surface area contributed by atoms with Gasteiger partial charge < -0.3 is 5.11 Å². The van der Waals surface area contributed by atoms with Crippen molar-refractivity contribution in [1.82, 2.24) is 4.90 Å². The first kappa shape index (κ1) is 14.0. The summed E-state index contributed by atoms with van der Waals surface area (Å²) < 4.78 is 0. The average Bonchev–Trinajstić information content (AvgIpc) is 2.45. The molecule has 17 heavy (non-hydrogen) atoms. The zero-order chi connectivity index (χ0) is 13.0. The van der Waals surface area contributed by atoms with Crippen molar-refractivity contribution in [2.75, 3.05) is 6.54 Å². The number of imide groups is 1. The van der Waals surface area contributed by atoms with Crippen LogP contribution >= 0.6 is 23.2 Å². The lowest BCUT2D eigenvalue weighted by Gasteiger charge is -2.13. The fourth-order valence-corrected chi connectivity index (χ4v) is 1.81. The lowest BCUT2D eigenvalue weighted by atomic mass is 10.2. The monoisotopic (exact) mass is 279 g/mol. The molecule has 1 aliphatic rings. The lowest BCUT2D eigenvalue weighted by Crippen LogP contribution is -2.32. The van der Waals surface area contributed by atoms with Crippen LogP contribution in [0.25, 0.3) is 0 Å². The number of unbranched alkanes of at least 4 members (excludes halogenated alkanes) is 2. The molecule has 0 radical (unpaired) electrons. The Bertz CT molecular complexity index is 368. The Balaban J connectivity index is 2.33. The highest BCUT2D eigenvalue weighted by Gasteiger charge is 2.35. The molecule has 94 valence electrons. The van der Waals surface area contributed by atoms with E-state index in [-0.39, 0.29) is 23.0 Å². The Morgan fingerprint density at radius 2 is 1.59 bits per heavy atom. The minimum Gasteiger partial charge on any atom is -0.481 e. The van der Waals surface area contributed by atoms with Crippen LogP contribution in [0.2, 0.25) is 0 Å². The van der Waals surface area contributed by atoms with Gasteiger partial charge in [-0.15, -0.1) is 0 Å². The summed E-state index contributed by atoms with van der Waals surface area (Å²) in [4.78, 5) is 34.1. The second-order valence-corrected chi connectivity index (χ2v) is 4.35. The van der Waals surface area contributed by atoms with Crippen molar-refractivity contribution in [2.45, 2.75) is 25.7 Å². The normalized spacial score (nSPS) is 16.0. The first-order chi connectivity index (χ1) is 7.95. The van der Waals surface area contributed by atoms with E-state index in [2.05, 4.69) is 0 Å². The van der Waals surface area contributed by atoms with Crippen LogP contribution in [0.5, 0.6) is 0 Å². The van der Waals surface area contributed by atoms with Crippen LogP contribution in [0, 0.1) is 0 Å². The molecule has 2 amide bonds. The first-order valence-electron chi connectivity index (χ1n) is 5.08. The van der Waals surface area contributed by atoms with Gasteiger partial charge in [0.25, 0.3) is 11.8 Å². The van der Waals surface area contributed by atoms with Crippen LogP contribution in [0.4, 0.5) is 0 Å². The van der Waals surface area contributed by atoms with E-state index in [9.17, 15) is 14.4 Å². The van der Waals surface area contributed by atoms with Gasteiger partial charge in [0.05, 0.1) is 0 Å². The number of carbonyl (C=O) groups excluding carboxylic acids is 2. The van der Waals surface area contributed by atoms with Crippen molar-refractivity contribution in [2.24, 2.45) is 0 Å². The predicted octanol–water partition coefficient (Wildman–Crippen LogP) is 1.69. The summed E-state index contributed by atoms with van der Waals surface area (Å²) in [6.45, 7) is 0.212. The third-order valence-corrected chi connectivity index (χ3v) is 3.13. The summed E-state index contributed by atoms with van der Waals surface area (Å²) in [5.41, 5.74) is 0. The number of amides is 2. The highest BCUT2D eigenvalue weighted by Crippen LogP contribution is 2.26. The zero-order valence-electron chi connectivity index (χ0n) is 8.91. The summed E-state index contributed by atoms with van der Waals surface area (Å²) in [6.07, 6.45) is 1.76. The number of carboxylic acids is 1. The third kappa shape index (κ3) is 3.44. The third-order valence-electron chi connectivity index (χ3n) is 2.33. The molecule has 0 aromatic rings. The number of hydrogen-bond donors (Lipinski definition) is 1. The first-order valence-corrected chi connectivity index (χ1v) is 5.84. The van der Waals surface area contributed by atoms with Crippen molar-refractivity contribution in [1.29, 1.82) is 0 Å². The van der Waals surface area contributed by atoms with Crippen molar-refractivity contribution in [3.05, 3.63) is 10.1 Å². The molecule has 0 fully saturated rings. The van der Waals surface area contributed by atoms with Crippen molar-refractivity contribution >= 4 is 41.0 Å². The maximum Gasteiger partial charge on any atom is 0.303 e. The van der Waals surface area contributed by atoms with Gasteiger partial charge in [0.15, 0.2) is 0 Å². The van der Waals surface area contributed by atoms with Crippen LogP contribution in [0.15, 0.2) is 10.1 Å². The maximum absolute atomic E-state index is 11.4. The number of carbonyl (C=O) groups is 3. The molecule has 1 aliphatic heterocycles. The highest BCUT2D eigenvalue weighted by atomic mass is 35.5. The largest absolute Gasteiger partial charge is 0.481 e. The quantitative estimate of drug-likeness (QED) is 0.593. The van der Waals surface area contributed by atoms with Crippen molar-refractivity contribution in [3.63, 3.8) is 0 Å².